The fourth-order valence-electron chi connectivity index (χ4n) is 2.03. The van der Waals surface area contributed by atoms with Crippen LogP contribution in [-0.4, -0.2) is 17.7 Å². The summed E-state index contributed by atoms with van der Waals surface area (Å²) in [7, 11) is 0. The number of carbonyl (C=O) groups is 1. The zero-order valence-electron chi connectivity index (χ0n) is 12.9. The maximum absolute atomic E-state index is 10.8. The Bertz CT molecular complexity index is 438. The summed E-state index contributed by atoms with van der Waals surface area (Å²) >= 11 is 0. The lowest BCUT2D eigenvalue weighted by Crippen LogP contribution is -2.00. The summed E-state index contributed by atoms with van der Waals surface area (Å²) in [6.07, 6.45) is 12.8. The van der Waals surface area contributed by atoms with Gasteiger partial charge in [-0.05, 0) is 43.9 Å². The summed E-state index contributed by atoms with van der Waals surface area (Å²) in [5.74, 6) is -0.301. The summed E-state index contributed by atoms with van der Waals surface area (Å²) in [5.41, 5.74) is 0.263. The fourth-order valence-corrected chi connectivity index (χ4v) is 2.03. The lowest BCUT2D eigenvalue weighted by Gasteiger charge is -2.05. The Morgan fingerprint density at radius 2 is 1.90 bits per heavy atom. The van der Waals surface area contributed by atoms with Crippen molar-refractivity contribution in [1.29, 1.82) is 0 Å². The van der Waals surface area contributed by atoms with Crippen LogP contribution in [0.25, 0.3) is 0 Å². The molecule has 1 aromatic rings. The number of unbranched alkanes of at least 4 members (excludes halogenated alkanes) is 5. The van der Waals surface area contributed by atoms with Crippen LogP contribution in [0.3, 0.4) is 0 Å². The van der Waals surface area contributed by atoms with E-state index >= 15 is 0 Å². The first-order chi connectivity index (χ1) is 10.2. The smallest absolute Gasteiger partial charge is 0.335 e. The number of carboxylic acid groups (broad SMARTS) is 1. The zero-order valence-corrected chi connectivity index (χ0v) is 12.9. The Labute approximate surface area is 127 Å². The molecule has 3 heteroatoms. The van der Waals surface area contributed by atoms with Crippen molar-refractivity contribution in [2.24, 2.45) is 0 Å². The lowest BCUT2D eigenvalue weighted by molar-refractivity contribution is 0.0696. The van der Waals surface area contributed by atoms with E-state index in [4.69, 9.17) is 9.84 Å². The molecule has 0 unspecified atom stereocenters. The van der Waals surface area contributed by atoms with Gasteiger partial charge >= 0.3 is 5.97 Å². The predicted molar refractivity (Wildman–Crippen MR) is 86.0 cm³/mol. The number of allylic oxidation sites excluding steroid dienone is 2. The minimum Gasteiger partial charge on any atom is -0.494 e. The van der Waals surface area contributed by atoms with Gasteiger partial charge in [0.25, 0.3) is 0 Å². The molecule has 0 radical (unpaired) electrons. The Balaban J connectivity index is 2.10. The third-order valence-electron chi connectivity index (χ3n) is 3.26. The molecule has 0 aliphatic rings. The molecule has 1 N–H and O–H groups in total. The van der Waals surface area contributed by atoms with Crippen molar-refractivity contribution < 1.29 is 14.6 Å². The molecule has 0 saturated heterocycles. The highest BCUT2D eigenvalue weighted by Gasteiger charge is 2.03. The second kappa shape index (κ2) is 11.0. The highest BCUT2D eigenvalue weighted by molar-refractivity contribution is 5.87. The predicted octanol–water partition coefficient (Wildman–Crippen LogP) is 5.07. The van der Waals surface area contributed by atoms with Gasteiger partial charge < -0.3 is 9.84 Å². The van der Waals surface area contributed by atoms with Crippen LogP contribution in [0.5, 0.6) is 5.75 Å². The highest BCUT2D eigenvalue weighted by atomic mass is 16.5. The number of carboxylic acids is 1. The minimum atomic E-state index is -0.925. The van der Waals surface area contributed by atoms with Gasteiger partial charge in [-0.1, -0.05) is 44.4 Å². The van der Waals surface area contributed by atoms with Crippen molar-refractivity contribution >= 4 is 5.97 Å². The van der Waals surface area contributed by atoms with Gasteiger partial charge in [0.2, 0.25) is 0 Å². The molecule has 0 aliphatic carbocycles. The molecule has 3 nitrogen and oxygen atoms in total. The molecule has 0 bridgehead atoms. The second-order valence-electron chi connectivity index (χ2n) is 5.14. The van der Waals surface area contributed by atoms with Crippen molar-refractivity contribution in [3.8, 4) is 5.75 Å². The largest absolute Gasteiger partial charge is 0.494 e. The van der Waals surface area contributed by atoms with E-state index in [1.807, 2.05) is 0 Å². The summed E-state index contributed by atoms with van der Waals surface area (Å²) in [6, 6.07) is 6.62. The normalized spacial score (nSPS) is 10.9. The van der Waals surface area contributed by atoms with Crippen LogP contribution in [0.15, 0.2) is 36.4 Å². The number of hydrogen-bond donors (Lipinski definition) is 1. The summed E-state index contributed by atoms with van der Waals surface area (Å²) in [5, 5.41) is 8.89. The van der Waals surface area contributed by atoms with Crippen molar-refractivity contribution in [3.05, 3.63) is 42.0 Å². The molecule has 0 aromatic heterocycles. The van der Waals surface area contributed by atoms with Gasteiger partial charge in [0, 0.05) is 0 Å². The SMILES string of the molecule is CCCCCC/C=C\CCCOc1cccc(C(=O)O)c1. The zero-order chi connectivity index (χ0) is 15.3. The Morgan fingerprint density at radius 1 is 1.14 bits per heavy atom. The Kier molecular flexibility index (Phi) is 9.01. The molecule has 1 rings (SSSR count). The van der Waals surface area contributed by atoms with Crippen molar-refractivity contribution in [1.82, 2.24) is 0 Å². The van der Waals surface area contributed by atoms with Crippen LogP contribution in [-0.2, 0) is 0 Å². The fraction of sp³-hybridized carbons (Fsp3) is 0.500. The maximum Gasteiger partial charge on any atom is 0.335 e. The maximum atomic E-state index is 10.8. The van der Waals surface area contributed by atoms with Crippen LogP contribution in [0.2, 0.25) is 0 Å². The van der Waals surface area contributed by atoms with Crippen LogP contribution >= 0.6 is 0 Å². The monoisotopic (exact) mass is 290 g/mol. The number of ether oxygens (including phenoxy) is 1. The van der Waals surface area contributed by atoms with Gasteiger partial charge in [0.1, 0.15) is 5.75 Å². The number of rotatable bonds is 11. The molecule has 0 amide bonds. The van der Waals surface area contributed by atoms with Crippen molar-refractivity contribution in [2.45, 2.75) is 51.9 Å². The second-order valence-corrected chi connectivity index (χ2v) is 5.14. The molecule has 1 aromatic carbocycles. The molecule has 0 atom stereocenters. The van der Waals surface area contributed by atoms with Gasteiger partial charge in [-0.15, -0.1) is 0 Å². The lowest BCUT2D eigenvalue weighted by atomic mass is 10.1. The summed E-state index contributed by atoms with van der Waals surface area (Å²) in [6.45, 7) is 2.84. The van der Waals surface area contributed by atoms with Crippen LogP contribution in [0.1, 0.15) is 62.2 Å². The van der Waals surface area contributed by atoms with Crippen LogP contribution in [0, 0.1) is 0 Å². The van der Waals surface area contributed by atoms with Gasteiger partial charge in [0.15, 0.2) is 0 Å². The molecule has 0 heterocycles. The topological polar surface area (TPSA) is 46.5 Å². The molecule has 0 fully saturated rings. The van der Waals surface area contributed by atoms with Gasteiger partial charge in [0.05, 0.1) is 12.2 Å². The van der Waals surface area contributed by atoms with Crippen molar-refractivity contribution in [3.63, 3.8) is 0 Å². The summed E-state index contributed by atoms with van der Waals surface area (Å²) < 4.78 is 5.56. The number of hydrogen-bond acceptors (Lipinski definition) is 2. The highest BCUT2D eigenvalue weighted by Crippen LogP contribution is 2.13. The van der Waals surface area contributed by atoms with Gasteiger partial charge in [-0.3, -0.25) is 0 Å². The van der Waals surface area contributed by atoms with Gasteiger partial charge in [-0.2, -0.15) is 0 Å². The van der Waals surface area contributed by atoms with E-state index in [1.165, 1.54) is 32.1 Å². The first-order valence-corrected chi connectivity index (χ1v) is 7.85. The third-order valence-corrected chi connectivity index (χ3v) is 3.26. The summed E-state index contributed by atoms with van der Waals surface area (Å²) in [4.78, 5) is 10.8. The van der Waals surface area contributed by atoms with E-state index in [1.54, 1.807) is 24.3 Å². The van der Waals surface area contributed by atoms with E-state index < -0.39 is 5.97 Å². The van der Waals surface area contributed by atoms with E-state index in [0.717, 1.165) is 12.8 Å². The number of benzene rings is 1. The molecular formula is C18H26O3. The quantitative estimate of drug-likeness (QED) is 0.457. The van der Waals surface area contributed by atoms with E-state index in [9.17, 15) is 4.79 Å². The molecule has 116 valence electrons. The molecule has 21 heavy (non-hydrogen) atoms. The third kappa shape index (κ3) is 8.18. The Hall–Kier alpha value is -1.77. The molecular weight excluding hydrogens is 264 g/mol. The van der Waals surface area contributed by atoms with Crippen LogP contribution < -0.4 is 4.74 Å². The Morgan fingerprint density at radius 3 is 2.62 bits per heavy atom. The first kappa shape index (κ1) is 17.3. The van der Waals surface area contributed by atoms with E-state index in [2.05, 4.69) is 19.1 Å². The first-order valence-electron chi connectivity index (χ1n) is 7.85. The minimum absolute atomic E-state index is 0.263. The van der Waals surface area contributed by atoms with E-state index in [0.29, 0.717) is 12.4 Å². The molecule has 0 aliphatic heterocycles. The number of aromatic carboxylic acids is 1. The standard InChI is InChI=1S/C18H26O3/c1-2-3-4-5-6-7-8-9-10-14-21-17-13-11-12-16(15-17)18(19)20/h7-8,11-13,15H,2-6,9-10,14H2,1H3,(H,19,20)/b8-7-. The van der Waals surface area contributed by atoms with E-state index in [-0.39, 0.29) is 5.56 Å². The average Bonchev–Trinajstić information content (AvgIpc) is 2.49. The van der Waals surface area contributed by atoms with Gasteiger partial charge in [-0.25, -0.2) is 4.79 Å². The molecule has 0 spiro atoms. The average molecular weight is 290 g/mol. The molecule has 0 saturated carbocycles. The van der Waals surface area contributed by atoms with Crippen LogP contribution in [0.4, 0.5) is 0 Å². The van der Waals surface area contributed by atoms with Crippen molar-refractivity contribution in [2.75, 3.05) is 6.61 Å².